The quantitative estimate of drug-likeness (QED) is 0.731. The molecule has 0 saturated carbocycles. The van der Waals surface area contributed by atoms with Crippen LogP contribution in [-0.4, -0.2) is 45.6 Å². The number of hydrogen-bond donors (Lipinski definition) is 1. The molecule has 1 heterocycles. The first-order valence-electron chi connectivity index (χ1n) is 9.19. The van der Waals surface area contributed by atoms with E-state index in [1.54, 1.807) is 20.8 Å². The molecule has 2 rings (SSSR count). The van der Waals surface area contributed by atoms with Crippen LogP contribution >= 0.6 is 0 Å². The molecule has 0 bridgehead atoms. The SMILES string of the molecule is CC(C)(C)[S+]([O-])N[C@@H](C1CCN(C(=O)OCc2ccccc2)CC1)C(F)(F)F. The summed E-state index contributed by atoms with van der Waals surface area (Å²) in [4.78, 5) is 13.6. The average Bonchev–Trinajstić information content (AvgIpc) is 2.63. The molecular formula is C19H27F3N2O3S. The maximum atomic E-state index is 13.5. The molecular weight excluding hydrogens is 393 g/mol. The Kier molecular flexibility index (Phi) is 7.64. The van der Waals surface area contributed by atoms with Gasteiger partial charge < -0.3 is 14.2 Å². The molecule has 2 atom stereocenters. The topological polar surface area (TPSA) is 64.6 Å². The Bertz CT molecular complexity index is 630. The lowest BCUT2D eigenvalue weighted by molar-refractivity contribution is -0.166. The van der Waals surface area contributed by atoms with Crippen molar-refractivity contribution in [2.75, 3.05) is 13.1 Å². The van der Waals surface area contributed by atoms with Crippen LogP contribution in [0.5, 0.6) is 0 Å². The monoisotopic (exact) mass is 420 g/mol. The molecule has 1 aromatic carbocycles. The van der Waals surface area contributed by atoms with Gasteiger partial charge in [-0.1, -0.05) is 30.3 Å². The Balaban J connectivity index is 1.89. The minimum absolute atomic E-state index is 0.122. The summed E-state index contributed by atoms with van der Waals surface area (Å²) in [5.41, 5.74) is 0.844. The van der Waals surface area contributed by atoms with Crippen molar-refractivity contribution < 1.29 is 27.3 Å². The third-order valence-electron chi connectivity index (χ3n) is 4.62. The summed E-state index contributed by atoms with van der Waals surface area (Å²) in [6.45, 7) is 5.33. The van der Waals surface area contributed by atoms with Gasteiger partial charge in [0.25, 0.3) is 0 Å². The number of nitrogens with zero attached hydrogens (tertiary/aromatic N) is 1. The summed E-state index contributed by atoms with van der Waals surface area (Å²) < 4.78 is 59.4. The van der Waals surface area contributed by atoms with Gasteiger partial charge in [0.05, 0.1) is 0 Å². The number of nitrogens with one attached hydrogen (secondary N) is 1. The highest BCUT2D eigenvalue weighted by atomic mass is 32.2. The van der Waals surface area contributed by atoms with Crippen LogP contribution in [0.4, 0.5) is 18.0 Å². The summed E-state index contributed by atoms with van der Waals surface area (Å²) in [6.07, 6.45) is -4.71. The second-order valence-electron chi connectivity index (χ2n) is 7.88. The first-order valence-corrected chi connectivity index (χ1v) is 10.3. The van der Waals surface area contributed by atoms with Crippen LogP contribution in [0, 0.1) is 5.92 Å². The van der Waals surface area contributed by atoms with Gasteiger partial charge in [0.2, 0.25) is 0 Å². The second-order valence-corrected chi connectivity index (χ2v) is 9.88. The van der Waals surface area contributed by atoms with Crippen molar-refractivity contribution in [1.29, 1.82) is 0 Å². The molecule has 0 aliphatic carbocycles. The van der Waals surface area contributed by atoms with Gasteiger partial charge in [0.1, 0.15) is 11.4 Å². The maximum absolute atomic E-state index is 13.5. The Labute approximate surface area is 166 Å². The van der Waals surface area contributed by atoms with Gasteiger partial charge in [-0.05, 0) is 45.1 Å². The number of rotatable bonds is 5. The molecule has 1 aliphatic heterocycles. The fraction of sp³-hybridized carbons (Fsp3) is 0.632. The summed E-state index contributed by atoms with van der Waals surface area (Å²) >= 11 is -1.83. The number of amides is 1. The normalized spacial score (nSPS) is 18.6. The summed E-state index contributed by atoms with van der Waals surface area (Å²) in [5.74, 6) is -0.746. The summed E-state index contributed by atoms with van der Waals surface area (Å²) in [7, 11) is 0. The smallest absolute Gasteiger partial charge is 0.410 e. The van der Waals surface area contributed by atoms with Crippen LogP contribution in [0.1, 0.15) is 39.2 Å². The zero-order valence-electron chi connectivity index (χ0n) is 16.3. The van der Waals surface area contributed by atoms with E-state index < -0.39 is 40.3 Å². The average molecular weight is 420 g/mol. The van der Waals surface area contributed by atoms with E-state index in [0.717, 1.165) is 5.56 Å². The Morgan fingerprint density at radius 1 is 1.25 bits per heavy atom. The lowest BCUT2D eigenvalue weighted by atomic mass is 9.89. The maximum Gasteiger partial charge on any atom is 0.410 e. The van der Waals surface area contributed by atoms with E-state index in [2.05, 4.69) is 4.72 Å². The number of likely N-dealkylation sites (tertiary alicyclic amines) is 1. The van der Waals surface area contributed by atoms with Crippen molar-refractivity contribution in [3.05, 3.63) is 35.9 Å². The predicted octanol–water partition coefficient (Wildman–Crippen LogP) is 4.02. The van der Waals surface area contributed by atoms with Gasteiger partial charge in [0.15, 0.2) is 6.04 Å². The van der Waals surface area contributed by atoms with E-state index in [9.17, 15) is 22.5 Å². The number of benzene rings is 1. The molecule has 158 valence electrons. The Hall–Kier alpha value is -1.45. The van der Waals surface area contributed by atoms with Gasteiger partial charge in [0, 0.05) is 24.5 Å². The molecule has 1 unspecified atom stereocenters. The zero-order valence-corrected chi connectivity index (χ0v) is 17.1. The molecule has 0 aromatic heterocycles. The van der Waals surface area contributed by atoms with E-state index in [-0.39, 0.29) is 32.5 Å². The number of halogens is 3. The third-order valence-corrected chi connectivity index (χ3v) is 6.20. The van der Waals surface area contributed by atoms with E-state index >= 15 is 0 Å². The van der Waals surface area contributed by atoms with E-state index in [1.165, 1.54) is 4.90 Å². The molecule has 0 spiro atoms. The summed E-state index contributed by atoms with van der Waals surface area (Å²) in [6, 6.07) is 7.31. The number of alkyl halides is 3. The molecule has 9 heteroatoms. The highest BCUT2D eigenvalue weighted by Gasteiger charge is 2.49. The van der Waals surface area contributed by atoms with Gasteiger partial charge in [-0.15, -0.1) is 4.72 Å². The van der Waals surface area contributed by atoms with Crippen molar-refractivity contribution in [1.82, 2.24) is 9.62 Å². The minimum Gasteiger partial charge on any atom is -0.598 e. The predicted molar refractivity (Wildman–Crippen MR) is 102 cm³/mol. The molecule has 1 aliphatic rings. The number of carbonyl (C=O) groups excluding carboxylic acids is 1. The molecule has 5 nitrogen and oxygen atoms in total. The molecule has 0 radical (unpaired) electrons. The molecule has 28 heavy (non-hydrogen) atoms. The van der Waals surface area contributed by atoms with Crippen LogP contribution < -0.4 is 4.72 Å². The Morgan fingerprint density at radius 2 is 1.82 bits per heavy atom. The lowest BCUT2D eigenvalue weighted by Crippen LogP contribution is -2.56. The van der Waals surface area contributed by atoms with Gasteiger partial charge in [-0.3, -0.25) is 0 Å². The van der Waals surface area contributed by atoms with Crippen molar-refractivity contribution in [3.63, 3.8) is 0 Å². The van der Waals surface area contributed by atoms with Crippen LogP contribution in [-0.2, 0) is 22.7 Å². The van der Waals surface area contributed by atoms with E-state index in [1.807, 2.05) is 30.3 Å². The summed E-state index contributed by atoms with van der Waals surface area (Å²) in [5, 5.41) is 0. The molecule has 1 saturated heterocycles. The van der Waals surface area contributed by atoms with Crippen molar-refractivity contribution >= 4 is 17.5 Å². The second kappa shape index (κ2) is 9.37. The number of carbonyl (C=O) groups is 1. The fourth-order valence-electron chi connectivity index (χ4n) is 2.95. The van der Waals surface area contributed by atoms with Crippen molar-refractivity contribution in [2.24, 2.45) is 5.92 Å². The van der Waals surface area contributed by atoms with Crippen LogP contribution in [0.3, 0.4) is 0 Å². The highest BCUT2D eigenvalue weighted by Crippen LogP contribution is 2.33. The van der Waals surface area contributed by atoms with Crippen LogP contribution in [0.15, 0.2) is 30.3 Å². The largest absolute Gasteiger partial charge is 0.598 e. The molecule has 1 fully saturated rings. The molecule has 1 N–H and O–H groups in total. The lowest BCUT2D eigenvalue weighted by Gasteiger charge is -2.37. The standard InChI is InChI=1S/C19H27F3N2O3S/c1-18(2,3)28(26)23-16(19(20,21)22)15-9-11-24(12-10-15)17(25)27-13-14-7-5-4-6-8-14/h4-8,15-16,23H,9-13H2,1-3H3/t16-,28?/m0/s1. The van der Waals surface area contributed by atoms with Gasteiger partial charge in [-0.2, -0.15) is 13.2 Å². The first kappa shape index (κ1) is 22.8. The number of ether oxygens (including phenoxy) is 1. The van der Waals surface area contributed by atoms with Gasteiger partial charge >= 0.3 is 12.3 Å². The van der Waals surface area contributed by atoms with E-state index in [0.29, 0.717) is 0 Å². The number of hydrogen-bond acceptors (Lipinski definition) is 4. The van der Waals surface area contributed by atoms with Crippen molar-refractivity contribution in [3.8, 4) is 0 Å². The van der Waals surface area contributed by atoms with Crippen molar-refractivity contribution in [2.45, 2.75) is 57.2 Å². The first-order chi connectivity index (χ1) is 13.0. The third kappa shape index (κ3) is 6.56. The molecule has 1 amide bonds. The zero-order chi connectivity index (χ0) is 20.9. The van der Waals surface area contributed by atoms with Crippen LogP contribution in [0.25, 0.3) is 0 Å². The highest BCUT2D eigenvalue weighted by molar-refractivity contribution is 7.90. The molecule has 1 aromatic rings. The fourth-order valence-corrected chi connectivity index (χ4v) is 3.86. The Morgan fingerprint density at radius 3 is 2.32 bits per heavy atom. The van der Waals surface area contributed by atoms with Gasteiger partial charge in [-0.25, -0.2) is 4.79 Å². The minimum atomic E-state index is -4.51. The van der Waals surface area contributed by atoms with E-state index in [4.69, 9.17) is 4.74 Å². The number of piperidine rings is 1. The van der Waals surface area contributed by atoms with Crippen LogP contribution in [0.2, 0.25) is 0 Å².